The first kappa shape index (κ1) is 12.4. The fraction of sp³-hybridized carbons (Fsp3) is 0.100. The van der Waals surface area contributed by atoms with Crippen LogP contribution in [0.4, 0.5) is 0 Å². The highest BCUT2D eigenvalue weighted by Gasteiger charge is 2.15. The normalized spacial score (nSPS) is 12.6. The summed E-state index contributed by atoms with van der Waals surface area (Å²) in [7, 11) is 0. The van der Waals surface area contributed by atoms with Crippen molar-refractivity contribution in [3.63, 3.8) is 0 Å². The monoisotopic (exact) mass is 283 g/mol. The molecule has 0 saturated heterocycles. The van der Waals surface area contributed by atoms with E-state index in [9.17, 15) is 4.79 Å². The summed E-state index contributed by atoms with van der Waals surface area (Å²) in [5.41, 5.74) is 0. The Kier molecular flexibility index (Phi) is 3.78. The SMILES string of the molecule is Br.N=C(C(=O)O)N1C=c2ccccc2=NC1. The number of amidine groups is 1. The van der Waals surface area contributed by atoms with Crippen molar-refractivity contribution >= 4 is 35.0 Å². The van der Waals surface area contributed by atoms with Crippen LogP contribution in [0, 0.1) is 5.41 Å². The average molecular weight is 284 g/mol. The summed E-state index contributed by atoms with van der Waals surface area (Å²) < 4.78 is 0. The van der Waals surface area contributed by atoms with Gasteiger partial charge in [-0.1, -0.05) is 18.2 Å². The van der Waals surface area contributed by atoms with Crippen LogP contribution in [0.15, 0.2) is 29.3 Å². The van der Waals surface area contributed by atoms with Gasteiger partial charge < -0.3 is 10.0 Å². The highest BCUT2D eigenvalue weighted by atomic mass is 79.9. The molecule has 0 saturated carbocycles. The highest BCUT2D eigenvalue weighted by molar-refractivity contribution is 8.93. The molecule has 0 atom stereocenters. The first-order valence-electron chi connectivity index (χ1n) is 4.38. The van der Waals surface area contributed by atoms with Gasteiger partial charge in [0.15, 0.2) is 0 Å². The van der Waals surface area contributed by atoms with Crippen LogP contribution < -0.4 is 10.6 Å². The molecule has 0 bridgehead atoms. The Hall–Kier alpha value is -1.69. The number of nitrogens with one attached hydrogen (secondary N) is 1. The standard InChI is InChI=1S/C10H9N3O2.BrH/c11-9(10(14)15)13-5-7-3-1-2-4-8(7)12-6-13;/h1-5,11H,6H2,(H,14,15);1H. The summed E-state index contributed by atoms with van der Waals surface area (Å²) in [4.78, 5) is 16.0. The number of halogens is 1. The minimum atomic E-state index is -1.25. The fourth-order valence-corrected chi connectivity index (χ4v) is 1.36. The quantitative estimate of drug-likeness (QED) is 0.518. The van der Waals surface area contributed by atoms with Crippen molar-refractivity contribution in [3.05, 3.63) is 34.8 Å². The Balaban J connectivity index is 0.00000128. The second-order valence-corrected chi connectivity index (χ2v) is 3.11. The second kappa shape index (κ2) is 4.89. The van der Waals surface area contributed by atoms with Crippen molar-refractivity contribution in [2.75, 3.05) is 6.67 Å². The van der Waals surface area contributed by atoms with Gasteiger partial charge in [-0.05, 0) is 6.07 Å². The molecule has 0 radical (unpaired) electrons. The number of para-hydroxylation sites is 1. The predicted molar refractivity (Wildman–Crippen MR) is 64.1 cm³/mol. The van der Waals surface area contributed by atoms with E-state index in [1.54, 1.807) is 6.20 Å². The summed E-state index contributed by atoms with van der Waals surface area (Å²) in [5, 5.41) is 17.6. The predicted octanol–water partition coefficient (Wildman–Crippen LogP) is -0.0429. The maximum absolute atomic E-state index is 10.6. The molecule has 1 aromatic carbocycles. The topological polar surface area (TPSA) is 76.8 Å². The van der Waals surface area contributed by atoms with Crippen LogP contribution in [-0.2, 0) is 4.79 Å². The summed E-state index contributed by atoms with van der Waals surface area (Å²) in [5.74, 6) is -1.71. The lowest BCUT2D eigenvalue weighted by molar-refractivity contribution is -0.130. The van der Waals surface area contributed by atoms with E-state index in [4.69, 9.17) is 10.5 Å². The van der Waals surface area contributed by atoms with Gasteiger partial charge in [-0.2, -0.15) is 0 Å². The van der Waals surface area contributed by atoms with Gasteiger partial charge in [0.05, 0.1) is 5.36 Å². The van der Waals surface area contributed by atoms with Gasteiger partial charge in [-0.25, -0.2) is 4.79 Å². The van der Waals surface area contributed by atoms with E-state index in [-0.39, 0.29) is 23.7 Å². The number of hydrogen-bond donors (Lipinski definition) is 2. The molecule has 1 aliphatic heterocycles. The molecule has 1 aliphatic rings. The summed E-state index contributed by atoms with van der Waals surface area (Å²) >= 11 is 0. The van der Waals surface area contributed by atoms with Crippen LogP contribution in [0.1, 0.15) is 0 Å². The Bertz CT molecular complexity index is 541. The number of benzene rings is 1. The zero-order valence-electron chi connectivity index (χ0n) is 8.25. The van der Waals surface area contributed by atoms with Crippen molar-refractivity contribution in [1.82, 2.24) is 4.90 Å². The van der Waals surface area contributed by atoms with Gasteiger partial charge >= 0.3 is 5.97 Å². The maximum atomic E-state index is 10.6. The minimum Gasteiger partial charge on any atom is -0.475 e. The number of carbonyl (C=O) groups is 1. The van der Waals surface area contributed by atoms with Crippen LogP contribution in [-0.4, -0.2) is 28.5 Å². The number of nitrogens with zero attached hydrogens (tertiary/aromatic N) is 2. The van der Waals surface area contributed by atoms with E-state index in [1.165, 1.54) is 4.90 Å². The van der Waals surface area contributed by atoms with Gasteiger partial charge in [0.1, 0.15) is 6.67 Å². The molecule has 5 nitrogen and oxygen atoms in total. The fourth-order valence-electron chi connectivity index (χ4n) is 1.36. The largest absolute Gasteiger partial charge is 0.475 e. The molecule has 0 unspecified atom stereocenters. The van der Waals surface area contributed by atoms with Crippen molar-refractivity contribution in [3.8, 4) is 0 Å². The van der Waals surface area contributed by atoms with Crippen molar-refractivity contribution in [1.29, 1.82) is 5.41 Å². The van der Waals surface area contributed by atoms with Crippen LogP contribution in [0.5, 0.6) is 0 Å². The van der Waals surface area contributed by atoms with E-state index in [0.717, 1.165) is 10.6 Å². The molecule has 2 N–H and O–H groups in total. The lowest BCUT2D eigenvalue weighted by Gasteiger charge is -2.18. The Morgan fingerprint density at radius 2 is 2.12 bits per heavy atom. The molecule has 1 aromatic rings. The Morgan fingerprint density at radius 3 is 2.81 bits per heavy atom. The average Bonchev–Trinajstić information content (AvgIpc) is 2.27. The molecule has 84 valence electrons. The Labute approximate surface area is 102 Å². The molecular weight excluding hydrogens is 274 g/mol. The third-order valence-electron chi connectivity index (χ3n) is 2.11. The van der Waals surface area contributed by atoms with Gasteiger partial charge in [0.2, 0.25) is 5.84 Å². The van der Waals surface area contributed by atoms with Crippen molar-refractivity contribution in [2.24, 2.45) is 4.99 Å². The van der Waals surface area contributed by atoms with Crippen LogP contribution in [0.2, 0.25) is 0 Å². The number of aliphatic carboxylic acids is 1. The lowest BCUT2D eigenvalue weighted by atomic mass is 10.2. The molecule has 1 heterocycles. The molecule has 0 spiro atoms. The van der Waals surface area contributed by atoms with Crippen LogP contribution in [0.25, 0.3) is 6.20 Å². The molecule has 0 fully saturated rings. The van der Waals surface area contributed by atoms with Crippen molar-refractivity contribution < 1.29 is 9.90 Å². The molecule has 6 heteroatoms. The summed E-state index contributed by atoms with van der Waals surface area (Å²) in [6.45, 7) is 0.183. The van der Waals surface area contributed by atoms with Crippen LogP contribution in [0.3, 0.4) is 0 Å². The molecule has 16 heavy (non-hydrogen) atoms. The van der Waals surface area contributed by atoms with E-state index in [1.807, 2.05) is 24.3 Å². The smallest absolute Gasteiger partial charge is 0.371 e. The van der Waals surface area contributed by atoms with Gasteiger partial charge in [0, 0.05) is 11.4 Å². The van der Waals surface area contributed by atoms with Crippen molar-refractivity contribution in [2.45, 2.75) is 0 Å². The summed E-state index contributed by atoms with van der Waals surface area (Å²) in [6.07, 6.45) is 1.62. The molecule has 0 amide bonds. The van der Waals surface area contributed by atoms with E-state index in [0.29, 0.717) is 0 Å². The number of carboxylic acids is 1. The number of carboxylic acid groups (broad SMARTS) is 1. The molecule has 0 aliphatic carbocycles. The van der Waals surface area contributed by atoms with E-state index >= 15 is 0 Å². The lowest BCUT2D eigenvalue weighted by Crippen LogP contribution is -2.40. The molecule has 2 rings (SSSR count). The summed E-state index contributed by atoms with van der Waals surface area (Å²) in [6, 6.07) is 7.40. The van der Waals surface area contributed by atoms with Gasteiger partial charge in [-0.15, -0.1) is 17.0 Å². The minimum absolute atomic E-state index is 0. The van der Waals surface area contributed by atoms with E-state index < -0.39 is 11.8 Å². The first-order chi connectivity index (χ1) is 7.18. The number of hydrogen-bond acceptors (Lipinski definition) is 3. The zero-order chi connectivity index (χ0) is 10.8. The zero-order valence-corrected chi connectivity index (χ0v) is 9.97. The molecular formula is C10H10BrN3O2. The number of rotatable bonds is 0. The maximum Gasteiger partial charge on any atom is 0.371 e. The Morgan fingerprint density at radius 1 is 1.44 bits per heavy atom. The van der Waals surface area contributed by atoms with Gasteiger partial charge in [0.25, 0.3) is 0 Å². The third-order valence-corrected chi connectivity index (χ3v) is 2.11. The van der Waals surface area contributed by atoms with Crippen LogP contribution >= 0.6 is 17.0 Å². The third kappa shape index (κ3) is 2.27. The highest BCUT2D eigenvalue weighted by Crippen LogP contribution is 1.94. The molecule has 0 aromatic heterocycles. The number of fused-ring (bicyclic) bond motifs is 1. The first-order valence-corrected chi connectivity index (χ1v) is 4.38. The van der Waals surface area contributed by atoms with Gasteiger partial charge in [-0.3, -0.25) is 10.4 Å². The second-order valence-electron chi connectivity index (χ2n) is 3.11. The van der Waals surface area contributed by atoms with E-state index in [2.05, 4.69) is 4.99 Å².